The van der Waals surface area contributed by atoms with Gasteiger partial charge >= 0.3 is 0 Å². The van der Waals surface area contributed by atoms with E-state index in [-0.39, 0.29) is 24.9 Å². The molecule has 2 heterocycles. The molecule has 6 nitrogen and oxygen atoms in total. The number of rotatable bonds is 5. The normalized spacial score (nSPS) is 33.6. The summed E-state index contributed by atoms with van der Waals surface area (Å²) in [5.74, 6) is -0.690. The predicted molar refractivity (Wildman–Crippen MR) is 83.0 cm³/mol. The molecule has 2 fully saturated rings. The van der Waals surface area contributed by atoms with Crippen LogP contribution in [0, 0.1) is 6.92 Å². The molecule has 0 aromatic heterocycles. The van der Waals surface area contributed by atoms with Crippen LogP contribution in [-0.4, -0.2) is 48.3 Å². The summed E-state index contributed by atoms with van der Waals surface area (Å²) >= 11 is -1.55. The lowest BCUT2D eigenvalue weighted by Gasteiger charge is -2.23. The molecule has 2 saturated heterocycles. The highest BCUT2D eigenvalue weighted by Gasteiger charge is 2.55. The first kappa shape index (κ1) is 17.0. The van der Waals surface area contributed by atoms with Gasteiger partial charge in [-0.25, -0.2) is 4.21 Å². The van der Waals surface area contributed by atoms with Crippen molar-refractivity contribution < 1.29 is 27.3 Å². The first-order valence-corrected chi connectivity index (χ1v) is 8.63. The summed E-state index contributed by atoms with van der Waals surface area (Å²) in [6, 6.07) is 7.38. The van der Waals surface area contributed by atoms with Crippen LogP contribution >= 0.6 is 0 Å². The highest BCUT2D eigenvalue weighted by molar-refractivity contribution is 7.80. The highest BCUT2D eigenvalue weighted by atomic mass is 32.2. The second kappa shape index (κ2) is 6.58. The number of hydrogen-bond acceptors (Lipinski definition) is 6. The van der Waals surface area contributed by atoms with Gasteiger partial charge in [0.05, 0.1) is 11.5 Å². The van der Waals surface area contributed by atoms with E-state index in [1.165, 1.54) is 0 Å². The van der Waals surface area contributed by atoms with Crippen LogP contribution in [0.2, 0.25) is 0 Å². The van der Waals surface area contributed by atoms with E-state index in [0.717, 1.165) is 5.56 Å². The quantitative estimate of drug-likeness (QED) is 0.815. The van der Waals surface area contributed by atoms with Crippen molar-refractivity contribution in [3.8, 4) is 0 Å². The van der Waals surface area contributed by atoms with Crippen molar-refractivity contribution in [2.75, 3.05) is 13.7 Å². The fourth-order valence-electron chi connectivity index (χ4n) is 2.81. The molecule has 0 amide bonds. The van der Waals surface area contributed by atoms with E-state index in [2.05, 4.69) is 0 Å². The van der Waals surface area contributed by atoms with Gasteiger partial charge in [-0.1, -0.05) is 17.7 Å². The predicted octanol–water partition coefficient (Wildman–Crippen LogP) is 1.93. The van der Waals surface area contributed by atoms with Gasteiger partial charge in [-0.2, -0.15) is 0 Å². The zero-order valence-electron chi connectivity index (χ0n) is 13.7. The Morgan fingerprint density at radius 3 is 2.48 bits per heavy atom. The largest absolute Gasteiger partial charge is 0.353 e. The third-order valence-electron chi connectivity index (χ3n) is 3.89. The monoisotopic (exact) mass is 342 g/mol. The van der Waals surface area contributed by atoms with Gasteiger partial charge in [-0.05, 0) is 32.9 Å². The molecule has 1 aromatic carbocycles. The minimum Gasteiger partial charge on any atom is -0.353 e. The fourth-order valence-corrected chi connectivity index (χ4v) is 3.56. The van der Waals surface area contributed by atoms with Crippen molar-refractivity contribution in [2.45, 2.75) is 56.1 Å². The maximum absolute atomic E-state index is 12.2. The van der Waals surface area contributed by atoms with Crippen LogP contribution in [0.1, 0.15) is 19.4 Å². The number of fused-ring (bicyclic) bond motifs is 1. The minimum atomic E-state index is -1.55. The van der Waals surface area contributed by atoms with E-state index in [1.807, 2.05) is 32.9 Å². The second-order valence-corrected chi connectivity index (χ2v) is 7.35. The van der Waals surface area contributed by atoms with Crippen LogP contribution < -0.4 is 0 Å². The highest BCUT2D eigenvalue weighted by Crippen LogP contribution is 2.39. The molecule has 0 bridgehead atoms. The van der Waals surface area contributed by atoms with Gasteiger partial charge in [-0.3, -0.25) is 4.18 Å². The van der Waals surface area contributed by atoms with Gasteiger partial charge in [-0.15, -0.1) is 0 Å². The van der Waals surface area contributed by atoms with Gasteiger partial charge in [0.15, 0.2) is 23.2 Å². The molecule has 5 atom stereocenters. The zero-order valence-corrected chi connectivity index (χ0v) is 14.5. The summed E-state index contributed by atoms with van der Waals surface area (Å²) < 4.78 is 40.4. The molecule has 0 spiro atoms. The number of hydrogen-bond donors (Lipinski definition) is 0. The van der Waals surface area contributed by atoms with Crippen molar-refractivity contribution in [2.24, 2.45) is 0 Å². The summed E-state index contributed by atoms with van der Waals surface area (Å²) in [6.07, 6.45) is -1.51. The molecule has 1 aromatic rings. The minimum absolute atomic E-state index is 0.140. The summed E-state index contributed by atoms with van der Waals surface area (Å²) in [5, 5.41) is 0. The molecule has 2 aliphatic heterocycles. The number of aryl methyl sites for hydroxylation is 1. The zero-order chi connectivity index (χ0) is 16.6. The molecule has 0 saturated carbocycles. The maximum atomic E-state index is 12.2. The van der Waals surface area contributed by atoms with Crippen molar-refractivity contribution in [1.82, 2.24) is 0 Å². The molecule has 0 radical (unpaired) electrons. The average Bonchev–Trinajstić information content (AvgIpc) is 2.98. The van der Waals surface area contributed by atoms with Crippen molar-refractivity contribution >= 4 is 11.1 Å². The Bertz CT molecular complexity index is 572. The van der Waals surface area contributed by atoms with Gasteiger partial charge < -0.3 is 18.9 Å². The van der Waals surface area contributed by atoms with Crippen LogP contribution in [0.3, 0.4) is 0 Å². The van der Waals surface area contributed by atoms with Crippen LogP contribution in [0.4, 0.5) is 0 Å². The first-order valence-electron chi connectivity index (χ1n) is 7.55. The summed E-state index contributed by atoms with van der Waals surface area (Å²) in [6.45, 7) is 5.81. The standard InChI is InChI=1S/C16H22O6S/c1-10-5-7-11(8-6-10)23(17)19-9-12-13-14(15(18-4)20-12)22-16(2,3)21-13/h5-8,12-15H,9H2,1-4H3/t12-,13-,14-,15-,23-/m1/s1. The van der Waals surface area contributed by atoms with Gasteiger partial charge in [0.2, 0.25) is 0 Å². The van der Waals surface area contributed by atoms with E-state index in [9.17, 15) is 4.21 Å². The summed E-state index contributed by atoms with van der Waals surface area (Å²) in [5.41, 5.74) is 1.11. The van der Waals surface area contributed by atoms with Crippen LogP contribution in [0.15, 0.2) is 29.2 Å². The van der Waals surface area contributed by atoms with E-state index < -0.39 is 23.2 Å². The Labute approximate surface area is 138 Å². The number of ether oxygens (including phenoxy) is 4. The van der Waals surface area contributed by atoms with E-state index in [4.69, 9.17) is 23.1 Å². The maximum Gasteiger partial charge on any atom is 0.189 e. The molecule has 0 unspecified atom stereocenters. The van der Waals surface area contributed by atoms with E-state index >= 15 is 0 Å². The van der Waals surface area contributed by atoms with Crippen molar-refractivity contribution in [1.29, 1.82) is 0 Å². The molecular formula is C16H22O6S. The Kier molecular flexibility index (Phi) is 4.87. The second-order valence-electron chi connectivity index (χ2n) is 6.18. The summed E-state index contributed by atoms with van der Waals surface area (Å²) in [7, 11) is 1.56. The van der Waals surface area contributed by atoms with Crippen molar-refractivity contribution in [3.63, 3.8) is 0 Å². The molecule has 3 rings (SSSR count). The lowest BCUT2D eigenvalue weighted by atomic mass is 10.1. The topological polar surface area (TPSA) is 63.2 Å². The van der Waals surface area contributed by atoms with Crippen LogP contribution in [-0.2, 0) is 34.2 Å². The summed E-state index contributed by atoms with van der Waals surface area (Å²) in [4.78, 5) is 0.623. The smallest absolute Gasteiger partial charge is 0.189 e. The Morgan fingerprint density at radius 1 is 1.17 bits per heavy atom. The molecular weight excluding hydrogens is 320 g/mol. The molecule has 128 valence electrons. The molecule has 0 N–H and O–H groups in total. The van der Waals surface area contributed by atoms with Crippen LogP contribution in [0.25, 0.3) is 0 Å². The lowest BCUT2D eigenvalue weighted by Crippen LogP contribution is -2.33. The molecule has 7 heteroatoms. The molecule has 23 heavy (non-hydrogen) atoms. The average molecular weight is 342 g/mol. The Morgan fingerprint density at radius 2 is 1.83 bits per heavy atom. The first-order chi connectivity index (χ1) is 10.9. The Balaban J connectivity index is 1.61. The Hall–Kier alpha value is -0.830. The van der Waals surface area contributed by atoms with Crippen molar-refractivity contribution in [3.05, 3.63) is 29.8 Å². The third-order valence-corrected chi connectivity index (χ3v) is 4.90. The van der Waals surface area contributed by atoms with Gasteiger partial charge in [0, 0.05) is 7.11 Å². The van der Waals surface area contributed by atoms with Crippen LogP contribution in [0.5, 0.6) is 0 Å². The number of methoxy groups -OCH3 is 1. The fraction of sp³-hybridized carbons (Fsp3) is 0.625. The van der Waals surface area contributed by atoms with E-state index in [0.29, 0.717) is 4.90 Å². The van der Waals surface area contributed by atoms with E-state index in [1.54, 1.807) is 19.2 Å². The third kappa shape index (κ3) is 3.65. The molecule has 0 aliphatic carbocycles. The van der Waals surface area contributed by atoms with Gasteiger partial charge in [0.25, 0.3) is 0 Å². The SMILES string of the molecule is CO[C@@H]1O[C@H](CO[S@@](=O)c2ccc(C)cc2)[C@H]2OC(C)(C)O[C@@H]12. The van der Waals surface area contributed by atoms with Gasteiger partial charge in [0.1, 0.15) is 18.3 Å². The number of benzene rings is 1. The lowest BCUT2D eigenvalue weighted by molar-refractivity contribution is -0.229. The molecule has 2 aliphatic rings.